The van der Waals surface area contributed by atoms with Crippen LogP contribution in [0.15, 0.2) is 41.2 Å². The number of aliphatic hydroxyl groups excluding tert-OH is 2. The van der Waals surface area contributed by atoms with Crippen molar-refractivity contribution in [3.05, 3.63) is 57.9 Å². The molecule has 1 aliphatic heterocycles. The van der Waals surface area contributed by atoms with Gasteiger partial charge in [-0.15, -0.1) is 0 Å². The van der Waals surface area contributed by atoms with E-state index in [1.54, 1.807) is 6.07 Å². The van der Waals surface area contributed by atoms with E-state index >= 15 is 0 Å². The Morgan fingerprint density at radius 1 is 1.05 bits per heavy atom. The van der Waals surface area contributed by atoms with Crippen LogP contribution in [0.1, 0.15) is 50.3 Å². The molecule has 40 heavy (non-hydrogen) atoms. The average molecular weight is 548 g/mol. The molecule has 4 aliphatic rings. The quantitative estimate of drug-likeness (QED) is 0.354. The van der Waals surface area contributed by atoms with Gasteiger partial charge in [0.15, 0.2) is 22.9 Å². The fraction of sp³-hybridized carbons (Fsp3) is 0.367. The van der Waals surface area contributed by atoms with Crippen LogP contribution in [0, 0.1) is 11.8 Å². The maximum absolute atomic E-state index is 13.9. The fourth-order valence-corrected chi connectivity index (χ4v) is 6.58. The third-order valence-electron chi connectivity index (χ3n) is 8.56. The summed E-state index contributed by atoms with van der Waals surface area (Å²) in [6, 6.07) is 7.31. The van der Waals surface area contributed by atoms with Gasteiger partial charge in [-0.05, 0) is 59.1 Å². The van der Waals surface area contributed by atoms with Gasteiger partial charge in [0, 0.05) is 23.5 Å². The molecule has 3 aliphatic carbocycles. The van der Waals surface area contributed by atoms with Crippen LogP contribution in [-0.2, 0) is 26.2 Å². The van der Waals surface area contributed by atoms with E-state index in [1.807, 2.05) is 39.0 Å². The van der Waals surface area contributed by atoms with Crippen molar-refractivity contribution in [1.29, 1.82) is 0 Å². The van der Waals surface area contributed by atoms with Gasteiger partial charge in [0.05, 0.1) is 5.56 Å². The second-order valence-electron chi connectivity index (χ2n) is 11.9. The van der Waals surface area contributed by atoms with Crippen LogP contribution >= 0.6 is 0 Å². The van der Waals surface area contributed by atoms with Crippen molar-refractivity contribution in [2.75, 3.05) is 6.79 Å². The number of rotatable bonds is 2. The molecule has 1 amide bonds. The summed E-state index contributed by atoms with van der Waals surface area (Å²) in [6.07, 6.45) is -0.105. The first-order valence-corrected chi connectivity index (χ1v) is 13.0. The molecular weight excluding hydrogens is 518 g/mol. The Balaban J connectivity index is 1.59. The lowest BCUT2D eigenvalue weighted by atomic mass is 9.59. The number of amides is 1. The van der Waals surface area contributed by atoms with Gasteiger partial charge in [-0.3, -0.25) is 14.4 Å². The van der Waals surface area contributed by atoms with Crippen LogP contribution in [0.2, 0.25) is 0 Å². The number of primary amides is 1. The van der Waals surface area contributed by atoms with Crippen LogP contribution in [0.4, 0.5) is 0 Å². The van der Waals surface area contributed by atoms with Gasteiger partial charge in [0.25, 0.3) is 5.91 Å². The number of benzene rings is 2. The predicted octanol–water partition coefficient (Wildman–Crippen LogP) is 3.12. The fourth-order valence-electron chi connectivity index (χ4n) is 6.58. The van der Waals surface area contributed by atoms with E-state index < -0.39 is 57.4 Å². The first-order chi connectivity index (χ1) is 18.7. The highest BCUT2D eigenvalue weighted by Gasteiger charge is 2.60. The first-order valence-electron chi connectivity index (χ1n) is 13.0. The van der Waals surface area contributed by atoms with Gasteiger partial charge in [0.2, 0.25) is 12.6 Å². The summed E-state index contributed by atoms with van der Waals surface area (Å²) < 4.78 is 11.0. The summed E-state index contributed by atoms with van der Waals surface area (Å²) in [4.78, 5) is 38.4. The predicted molar refractivity (Wildman–Crippen MR) is 142 cm³/mol. The van der Waals surface area contributed by atoms with E-state index in [2.05, 4.69) is 0 Å². The van der Waals surface area contributed by atoms with Crippen molar-refractivity contribution in [3.8, 4) is 28.4 Å². The number of carbonyl (C=O) groups is 3. The second kappa shape index (κ2) is 8.34. The molecule has 1 fully saturated rings. The Bertz CT molecular complexity index is 1610. The van der Waals surface area contributed by atoms with Gasteiger partial charge in [-0.25, -0.2) is 0 Å². The molecule has 1 heterocycles. The standard InChI is InChI=1S/C30H29NO9/c1-29(2,3)17-10-15(12-4-5-19-20(8-12)40-11-39-19)16-7-13-6-14-9-18(32)23(28(31)37)27(36)30(14,38)26(35)21(13)25(34)22(16)24(17)33/h4-5,8,10,13-14,33-34,36,38H,6-7,9,11H2,1-3H3,(H2,31,37)/t13-,14+,30+/m1/s1. The lowest BCUT2D eigenvalue weighted by molar-refractivity contribution is -0.147. The third-order valence-corrected chi connectivity index (χ3v) is 8.56. The SMILES string of the molecule is CC(C)(C)c1cc(-c2ccc3c(c2)OCO3)c2c(c1O)C(O)=C1C(=O)[C@]3(O)C(O)=C(C(N)=O)C(=O)C[C@@H]3C[C@@H]1C2. The Morgan fingerprint density at radius 2 is 1.75 bits per heavy atom. The topological polar surface area (TPSA) is 177 Å². The van der Waals surface area contributed by atoms with Crippen molar-refractivity contribution in [1.82, 2.24) is 0 Å². The Hall–Kier alpha value is -4.31. The zero-order chi connectivity index (χ0) is 28.9. The van der Waals surface area contributed by atoms with E-state index in [4.69, 9.17) is 15.2 Å². The molecule has 208 valence electrons. The van der Waals surface area contributed by atoms with Crippen molar-refractivity contribution >= 4 is 23.2 Å². The molecular formula is C30H29NO9. The maximum Gasteiger partial charge on any atom is 0.255 e. The molecule has 6 rings (SSSR count). The highest BCUT2D eigenvalue weighted by atomic mass is 16.7. The molecule has 0 unspecified atom stereocenters. The van der Waals surface area contributed by atoms with E-state index in [1.165, 1.54) is 0 Å². The molecule has 0 radical (unpaired) electrons. The number of phenols is 1. The van der Waals surface area contributed by atoms with E-state index in [0.717, 1.165) is 5.56 Å². The number of aliphatic hydroxyl groups is 3. The minimum atomic E-state index is -2.60. The van der Waals surface area contributed by atoms with Crippen LogP contribution < -0.4 is 15.2 Å². The number of ether oxygens (including phenoxy) is 2. The molecule has 0 aromatic heterocycles. The van der Waals surface area contributed by atoms with Crippen molar-refractivity contribution in [2.45, 2.75) is 51.0 Å². The van der Waals surface area contributed by atoms with Gasteiger partial charge >= 0.3 is 0 Å². The normalized spacial score (nSPS) is 25.5. The number of phenolic OH excluding ortho intramolecular Hbond substituents is 1. The molecule has 1 saturated carbocycles. The molecule has 10 nitrogen and oxygen atoms in total. The summed E-state index contributed by atoms with van der Waals surface area (Å²) >= 11 is 0. The van der Waals surface area contributed by atoms with Crippen LogP contribution in [0.3, 0.4) is 0 Å². The zero-order valence-electron chi connectivity index (χ0n) is 22.2. The number of hydrogen-bond acceptors (Lipinski definition) is 9. The van der Waals surface area contributed by atoms with Crippen LogP contribution in [0.5, 0.6) is 17.2 Å². The Kier molecular flexibility index (Phi) is 5.41. The minimum Gasteiger partial charge on any atom is -0.508 e. The number of aromatic hydroxyl groups is 1. The van der Waals surface area contributed by atoms with Gasteiger partial charge in [-0.1, -0.05) is 26.8 Å². The summed E-state index contributed by atoms with van der Waals surface area (Å²) in [6.45, 7) is 5.80. The molecule has 0 spiro atoms. The average Bonchev–Trinajstić information content (AvgIpc) is 3.33. The molecule has 2 aromatic rings. The van der Waals surface area contributed by atoms with Crippen LogP contribution in [0.25, 0.3) is 16.9 Å². The maximum atomic E-state index is 13.9. The second-order valence-corrected chi connectivity index (χ2v) is 11.9. The molecule has 3 atom stereocenters. The van der Waals surface area contributed by atoms with E-state index in [9.17, 15) is 34.8 Å². The number of hydrogen-bond donors (Lipinski definition) is 5. The lowest BCUT2D eigenvalue weighted by Gasteiger charge is -2.46. The Morgan fingerprint density at radius 3 is 2.42 bits per heavy atom. The first kappa shape index (κ1) is 25.9. The molecule has 2 aromatic carbocycles. The number of carbonyl (C=O) groups excluding carboxylic acids is 3. The van der Waals surface area contributed by atoms with Gasteiger partial charge in [0.1, 0.15) is 22.8 Å². The largest absolute Gasteiger partial charge is 0.508 e. The van der Waals surface area contributed by atoms with Gasteiger partial charge < -0.3 is 35.6 Å². The highest BCUT2D eigenvalue weighted by molar-refractivity contribution is 6.22. The molecule has 0 bridgehead atoms. The number of nitrogens with two attached hydrogens (primary N) is 1. The van der Waals surface area contributed by atoms with Gasteiger partial charge in [-0.2, -0.15) is 0 Å². The summed E-state index contributed by atoms with van der Waals surface area (Å²) in [5.74, 6) is -5.35. The monoisotopic (exact) mass is 547 g/mol. The van der Waals surface area contributed by atoms with Crippen molar-refractivity contribution < 1.29 is 44.3 Å². The van der Waals surface area contributed by atoms with Crippen molar-refractivity contribution in [2.24, 2.45) is 17.6 Å². The van der Waals surface area contributed by atoms with Crippen molar-refractivity contribution in [3.63, 3.8) is 0 Å². The number of fused-ring (bicyclic) bond motifs is 4. The zero-order valence-corrected chi connectivity index (χ0v) is 22.2. The smallest absolute Gasteiger partial charge is 0.255 e. The summed E-state index contributed by atoms with van der Waals surface area (Å²) in [5.41, 5.74) is 3.75. The lowest BCUT2D eigenvalue weighted by Crippen LogP contribution is -2.58. The molecule has 6 N–H and O–H groups in total. The van der Waals surface area contributed by atoms with E-state index in [-0.39, 0.29) is 42.9 Å². The Labute approximate surface area is 229 Å². The molecule has 0 saturated heterocycles. The highest BCUT2D eigenvalue weighted by Crippen LogP contribution is 2.54. The number of ketones is 2. The van der Waals surface area contributed by atoms with Crippen LogP contribution in [-0.4, -0.2) is 50.3 Å². The third kappa shape index (κ3) is 3.41. The minimum absolute atomic E-state index is 0.0608. The summed E-state index contributed by atoms with van der Waals surface area (Å²) in [5, 5.41) is 45.4. The summed E-state index contributed by atoms with van der Waals surface area (Å²) in [7, 11) is 0. The molecule has 10 heteroatoms. The van der Waals surface area contributed by atoms with E-state index in [0.29, 0.717) is 28.2 Å². The number of Topliss-reactive ketones (excluding diaryl/α,β-unsaturated/α-hetero) is 2.